The molecule has 1 N–H and O–H groups in total. The van der Waals surface area contributed by atoms with Crippen LogP contribution in [0.25, 0.3) is 0 Å². The standard InChI is InChI=1S/C18H21FO2/c1-12(2)10-13-4-6-14(7-5-13)18(20)16-11-15(19)8-9-17(16)21-3/h4-9,11-12,18,20H,10H2,1-3H3. The predicted molar refractivity (Wildman–Crippen MR) is 82.0 cm³/mol. The summed E-state index contributed by atoms with van der Waals surface area (Å²) < 4.78 is 18.6. The maximum Gasteiger partial charge on any atom is 0.125 e. The zero-order valence-electron chi connectivity index (χ0n) is 12.6. The average molecular weight is 288 g/mol. The van der Waals surface area contributed by atoms with E-state index < -0.39 is 6.10 Å². The summed E-state index contributed by atoms with van der Waals surface area (Å²) in [6, 6.07) is 11.9. The van der Waals surface area contributed by atoms with Crippen LogP contribution in [0.4, 0.5) is 4.39 Å². The molecule has 0 aromatic heterocycles. The molecule has 21 heavy (non-hydrogen) atoms. The molecule has 0 fully saturated rings. The van der Waals surface area contributed by atoms with Gasteiger partial charge in [-0.15, -0.1) is 0 Å². The Kier molecular flexibility index (Phi) is 4.97. The van der Waals surface area contributed by atoms with Gasteiger partial charge < -0.3 is 9.84 Å². The van der Waals surface area contributed by atoms with Crippen molar-refractivity contribution >= 4 is 0 Å². The van der Waals surface area contributed by atoms with E-state index in [1.807, 2.05) is 24.3 Å². The smallest absolute Gasteiger partial charge is 0.125 e. The van der Waals surface area contributed by atoms with Gasteiger partial charge in [0.15, 0.2) is 0 Å². The minimum absolute atomic E-state index is 0.388. The van der Waals surface area contributed by atoms with E-state index in [1.165, 1.54) is 30.9 Å². The first-order valence-corrected chi connectivity index (χ1v) is 7.11. The third kappa shape index (κ3) is 3.82. The minimum atomic E-state index is -0.899. The molecular weight excluding hydrogens is 267 g/mol. The molecule has 1 unspecified atom stereocenters. The van der Waals surface area contributed by atoms with Crippen molar-refractivity contribution in [2.45, 2.75) is 26.4 Å². The van der Waals surface area contributed by atoms with Crippen molar-refractivity contribution in [3.8, 4) is 5.75 Å². The second-order valence-electron chi connectivity index (χ2n) is 5.63. The lowest BCUT2D eigenvalue weighted by molar-refractivity contribution is 0.214. The number of benzene rings is 2. The molecule has 112 valence electrons. The summed E-state index contributed by atoms with van der Waals surface area (Å²) in [6.07, 6.45) is 0.100. The van der Waals surface area contributed by atoms with Crippen LogP contribution in [0.2, 0.25) is 0 Å². The molecule has 0 amide bonds. The van der Waals surface area contributed by atoms with E-state index in [2.05, 4.69) is 13.8 Å². The van der Waals surface area contributed by atoms with Crippen molar-refractivity contribution in [1.29, 1.82) is 0 Å². The first-order chi connectivity index (χ1) is 10.0. The molecule has 2 aromatic rings. The zero-order chi connectivity index (χ0) is 15.4. The van der Waals surface area contributed by atoms with Crippen LogP contribution in [-0.2, 0) is 6.42 Å². The van der Waals surface area contributed by atoms with Gasteiger partial charge in [0.05, 0.1) is 7.11 Å². The highest BCUT2D eigenvalue weighted by molar-refractivity contribution is 5.41. The van der Waals surface area contributed by atoms with Crippen molar-refractivity contribution in [3.05, 3.63) is 65.0 Å². The molecule has 0 radical (unpaired) electrons. The largest absolute Gasteiger partial charge is 0.496 e. The van der Waals surface area contributed by atoms with Gasteiger partial charge in [0.1, 0.15) is 17.7 Å². The minimum Gasteiger partial charge on any atom is -0.496 e. The van der Waals surface area contributed by atoms with E-state index in [0.717, 1.165) is 12.0 Å². The van der Waals surface area contributed by atoms with Crippen molar-refractivity contribution in [3.63, 3.8) is 0 Å². The van der Waals surface area contributed by atoms with Gasteiger partial charge in [0, 0.05) is 5.56 Å². The third-order valence-corrected chi connectivity index (χ3v) is 3.43. The predicted octanol–water partition coefficient (Wildman–Crippen LogP) is 4.11. The summed E-state index contributed by atoms with van der Waals surface area (Å²) in [4.78, 5) is 0. The lowest BCUT2D eigenvalue weighted by atomic mass is 9.97. The number of hydrogen-bond donors (Lipinski definition) is 1. The van der Waals surface area contributed by atoms with Gasteiger partial charge in [-0.25, -0.2) is 4.39 Å². The van der Waals surface area contributed by atoms with Gasteiger partial charge in [0.2, 0.25) is 0 Å². The molecule has 0 heterocycles. The van der Waals surface area contributed by atoms with Gasteiger partial charge in [-0.2, -0.15) is 0 Å². The van der Waals surface area contributed by atoms with Crippen molar-refractivity contribution < 1.29 is 14.2 Å². The van der Waals surface area contributed by atoms with E-state index in [9.17, 15) is 9.50 Å². The Morgan fingerprint density at radius 1 is 1.10 bits per heavy atom. The van der Waals surface area contributed by atoms with Gasteiger partial charge in [-0.1, -0.05) is 38.1 Å². The summed E-state index contributed by atoms with van der Waals surface area (Å²) >= 11 is 0. The summed E-state index contributed by atoms with van der Waals surface area (Å²) in [5, 5.41) is 10.5. The third-order valence-electron chi connectivity index (χ3n) is 3.43. The summed E-state index contributed by atoms with van der Waals surface area (Å²) in [7, 11) is 1.51. The monoisotopic (exact) mass is 288 g/mol. The average Bonchev–Trinajstić information content (AvgIpc) is 2.46. The number of ether oxygens (including phenoxy) is 1. The van der Waals surface area contributed by atoms with Crippen LogP contribution >= 0.6 is 0 Å². The SMILES string of the molecule is COc1ccc(F)cc1C(O)c1ccc(CC(C)C)cc1. The van der Waals surface area contributed by atoms with E-state index in [4.69, 9.17) is 4.74 Å². The number of halogens is 1. The number of aliphatic hydroxyl groups excluding tert-OH is 1. The summed E-state index contributed by atoms with van der Waals surface area (Å²) in [6.45, 7) is 4.33. The van der Waals surface area contributed by atoms with Crippen molar-refractivity contribution in [2.75, 3.05) is 7.11 Å². The Morgan fingerprint density at radius 2 is 1.76 bits per heavy atom. The second kappa shape index (κ2) is 6.72. The highest BCUT2D eigenvalue weighted by Crippen LogP contribution is 2.30. The van der Waals surface area contributed by atoms with Crippen molar-refractivity contribution in [2.24, 2.45) is 5.92 Å². The zero-order valence-corrected chi connectivity index (χ0v) is 12.6. The maximum absolute atomic E-state index is 13.4. The van der Waals surface area contributed by atoms with E-state index in [-0.39, 0.29) is 5.82 Å². The molecule has 0 aliphatic rings. The molecule has 0 spiro atoms. The van der Waals surface area contributed by atoms with Crippen LogP contribution in [0.5, 0.6) is 5.75 Å². The molecule has 2 aromatic carbocycles. The molecule has 0 aliphatic heterocycles. The fourth-order valence-electron chi connectivity index (χ4n) is 2.41. The molecule has 1 atom stereocenters. The quantitative estimate of drug-likeness (QED) is 0.897. The normalized spacial score (nSPS) is 12.5. The fraction of sp³-hybridized carbons (Fsp3) is 0.333. The summed E-state index contributed by atoms with van der Waals surface area (Å²) in [5.41, 5.74) is 2.40. The Bertz CT molecular complexity index is 591. The Balaban J connectivity index is 2.27. The van der Waals surface area contributed by atoms with Crippen LogP contribution in [0.1, 0.15) is 36.6 Å². The first-order valence-electron chi connectivity index (χ1n) is 7.11. The molecule has 0 saturated carbocycles. The van der Waals surface area contributed by atoms with Crippen LogP contribution < -0.4 is 4.74 Å². The maximum atomic E-state index is 13.4. The van der Waals surface area contributed by atoms with Crippen LogP contribution in [0.3, 0.4) is 0 Å². The Morgan fingerprint density at radius 3 is 2.33 bits per heavy atom. The van der Waals surface area contributed by atoms with Crippen LogP contribution in [-0.4, -0.2) is 12.2 Å². The van der Waals surface area contributed by atoms with Gasteiger partial charge >= 0.3 is 0 Å². The number of hydrogen-bond acceptors (Lipinski definition) is 2. The number of rotatable bonds is 5. The van der Waals surface area contributed by atoms with E-state index in [0.29, 0.717) is 17.2 Å². The molecular formula is C18H21FO2. The molecule has 0 aliphatic carbocycles. The lowest BCUT2D eigenvalue weighted by Gasteiger charge is -2.16. The van der Waals surface area contributed by atoms with Gasteiger partial charge in [-0.05, 0) is 41.7 Å². The molecule has 0 saturated heterocycles. The number of methoxy groups -OCH3 is 1. The summed E-state index contributed by atoms with van der Waals surface area (Å²) in [5.74, 6) is 0.681. The first kappa shape index (κ1) is 15.5. The van der Waals surface area contributed by atoms with E-state index >= 15 is 0 Å². The number of aliphatic hydroxyl groups is 1. The fourth-order valence-corrected chi connectivity index (χ4v) is 2.41. The Labute approximate surface area is 125 Å². The highest BCUT2D eigenvalue weighted by Gasteiger charge is 2.16. The Hall–Kier alpha value is -1.87. The lowest BCUT2D eigenvalue weighted by Crippen LogP contribution is -2.03. The van der Waals surface area contributed by atoms with Crippen LogP contribution in [0.15, 0.2) is 42.5 Å². The molecule has 0 bridgehead atoms. The molecule has 2 rings (SSSR count). The highest BCUT2D eigenvalue weighted by atomic mass is 19.1. The van der Waals surface area contributed by atoms with Crippen molar-refractivity contribution in [1.82, 2.24) is 0 Å². The van der Waals surface area contributed by atoms with Gasteiger partial charge in [0.25, 0.3) is 0 Å². The molecule has 2 nitrogen and oxygen atoms in total. The topological polar surface area (TPSA) is 29.5 Å². The van der Waals surface area contributed by atoms with E-state index in [1.54, 1.807) is 0 Å². The molecule has 3 heteroatoms. The second-order valence-corrected chi connectivity index (χ2v) is 5.63. The van der Waals surface area contributed by atoms with Crippen LogP contribution in [0, 0.1) is 11.7 Å². The van der Waals surface area contributed by atoms with Gasteiger partial charge in [-0.3, -0.25) is 0 Å².